The monoisotopic (exact) mass is 425 g/mol. The number of esters is 1. The molecule has 1 amide bonds. The molecule has 3 rings (SSSR count). The van der Waals surface area contributed by atoms with Gasteiger partial charge in [-0.15, -0.1) is 0 Å². The lowest BCUT2D eigenvalue weighted by Crippen LogP contribution is -2.43. The molecule has 8 nitrogen and oxygen atoms in total. The Morgan fingerprint density at radius 3 is 2.76 bits per heavy atom. The van der Waals surface area contributed by atoms with Crippen LogP contribution in [-0.2, 0) is 30.6 Å². The minimum absolute atomic E-state index is 0.0134. The first-order chi connectivity index (χ1) is 13.9. The molecule has 1 aromatic rings. The molecule has 1 fully saturated rings. The number of benzene rings is 1. The second-order valence-corrected chi connectivity index (χ2v) is 9.57. The summed E-state index contributed by atoms with van der Waals surface area (Å²) in [4.78, 5) is 26.2. The fourth-order valence-corrected chi connectivity index (χ4v) is 5.23. The molecule has 2 aliphatic rings. The summed E-state index contributed by atoms with van der Waals surface area (Å²) >= 11 is 0. The second-order valence-electron chi connectivity index (χ2n) is 7.35. The average Bonchev–Trinajstić information content (AvgIpc) is 3.30. The maximum Gasteiger partial charge on any atom is 0.306 e. The van der Waals surface area contributed by atoms with Gasteiger partial charge >= 0.3 is 5.97 Å². The van der Waals surface area contributed by atoms with Crippen molar-refractivity contribution in [3.05, 3.63) is 23.8 Å². The molecule has 0 spiro atoms. The lowest BCUT2D eigenvalue weighted by molar-refractivity contribution is -0.152. The van der Waals surface area contributed by atoms with Gasteiger partial charge in [-0.25, -0.2) is 8.42 Å². The number of amides is 1. The highest BCUT2D eigenvalue weighted by Gasteiger charge is 2.34. The zero-order valence-corrected chi connectivity index (χ0v) is 17.4. The van der Waals surface area contributed by atoms with E-state index in [0.717, 1.165) is 18.4 Å². The van der Waals surface area contributed by atoms with E-state index < -0.39 is 15.8 Å². The van der Waals surface area contributed by atoms with Crippen LogP contribution >= 0.6 is 0 Å². The molecule has 160 valence electrons. The van der Waals surface area contributed by atoms with Crippen molar-refractivity contribution in [1.82, 2.24) is 4.90 Å². The Morgan fingerprint density at radius 1 is 1.24 bits per heavy atom. The Kier molecular flexibility index (Phi) is 7.00. The van der Waals surface area contributed by atoms with Crippen LogP contribution in [0.1, 0.15) is 38.2 Å². The molecular weight excluding hydrogens is 398 g/mol. The van der Waals surface area contributed by atoms with E-state index in [9.17, 15) is 18.0 Å². The summed E-state index contributed by atoms with van der Waals surface area (Å²) in [6.07, 6.45) is 2.71. The van der Waals surface area contributed by atoms with Gasteiger partial charge in [0.05, 0.1) is 11.5 Å². The van der Waals surface area contributed by atoms with Crippen molar-refractivity contribution in [2.24, 2.45) is 0 Å². The summed E-state index contributed by atoms with van der Waals surface area (Å²) < 4.78 is 39.2. The van der Waals surface area contributed by atoms with Crippen LogP contribution in [0.4, 0.5) is 0 Å². The third kappa shape index (κ3) is 5.85. The van der Waals surface area contributed by atoms with Crippen molar-refractivity contribution in [3.8, 4) is 11.5 Å². The van der Waals surface area contributed by atoms with Crippen LogP contribution < -0.4 is 9.47 Å². The molecule has 0 saturated carbocycles. The summed E-state index contributed by atoms with van der Waals surface area (Å²) in [5.41, 5.74) is 0.915. The van der Waals surface area contributed by atoms with Crippen molar-refractivity contribution in [1.29, 1.82) is 0 Å². The van der Waals surface area contributed by atoms with E-state index in [-0.39, 0.29) is 43.3 Å². The summed E-state index contributed by atoms with van der Waals surface area (Å²) in [5.74, 6) is 0.623. The molecular formula is C20H27NO7S. The Labute approximate surface area is 171 Å². The van der Waals surface area contributed by atoms with Gasteiger partial charge in [0.2, 0.25) is 6.79 Å². The van der Waals surface area contributed by atoms with E-state index in [2.05, 4.69) is 0 Å². The lowest BCUT2D eigenvalue weighted by Gasteiger charge is -2.28. The smallest absolute Gasteiger partial charge is 0.306 e. The van der Waals surface area contributed by atoms with Crippen molar-refractivity contribution in [2.45, 2.75) is 45.1 Å². The molecule has 0 bridgehead atoms. The minimum atomic E-state index is -3.09. The van der Waals surface area contributed by atoms with Gasteiger partial charge in [0.1, 0.15) is 0 Å². The fraction of sp³-hybridized carbons (Fsp3) is 0.600. The topological polar surface area (TPSA) is 99.2 Å². The van der Waals surface area contributed by atoms with Crippen molar-refractivity contribution < 1.29 is 32.2 Å². The number of carbonyl (C=O) groups excluding carboxylic acids is 2. The number of unbranched alkanes of at least 4 members (excludes halogenated alkanes) is 1. The first kappa shape index (κ1) is 21.4. The van der Waals surface area contributed by atoms with E-state index in [1.807, 2.05) is 19.1 Å². The lowest BCUT2D eigenvalue weighted by atomic mass is 10.1. The number of nitrogens with zero attached hydrogens (tertiary/aromatic N) is 1. The maximum absolute atomic E-state index is 12.6. The van der Waals surface area contributed by atoms with Crippen LogP contribution in [-0.4, -0.2) is 62.7 Å². The summed E-state index contributed by atoms with van der Waals surface area (Å²) in [6, 6.07) is 5.16. The zero-order valence-electron chi connectivity index (χ0n) is 16.6. The van der Waals surface area contributed by atoms with Gasteiger partial charge in [0, 0.05) is 19.0 Å². The minimum Gasteiger partial charge on any atom is -0.456 e. The van der Waals surface area contributed by atoms with E-state index in [0.29, 0.717) is 30.9 Å². The number of hydrogen-bond donors (Lipinski definition) is 0. The number of carbonyl (C=O) groups is 2. The number of aryl methyl sites for hydroxylation is 1. The van der Waals surface area contributed by atoms with E-state index in [1.165, 1.54) is 0 Å². The molecule has 0 aromatic heterocycles. The first-order valence-electron chi connectivity index (χ1n) is 9.92. The maximum atomic E-state index is 12.6. The van der Waals surface area contributed by atoms with Gasteiger partial charge in [0.25, 0.3) is 5.91 Å². The third-order valence-electron chi connectivity index (χ3n) is 5.13. The molecule has 9 heteroatoms. The summed E-state index contributed by atoms with van der Waals surface area (Å²) in [7, 11) is -3.09. The van der Waals surface area contributed by atoms with Gasteiger partial charge in [-0.3, -0.25) is 9.59 Å². The number of hydrogen-bond acceptors (Lipinski definition) is 7. The quantitative estimate of drug-likeness (QED) is 0.555. The van der Waals surface area contributed by atoms with E-state index in [1.54, 1.807) is 11.0 Å². The van der Waals surface area contributed by atoms with Crippen molar-refractivity contribution in [3.63, 3.8) is 0 Å². The Bertz CT molecular complexity index is 852. The number of ether oxygens (including phenoxy) is 3. The first-order valence-corrected chi connectivity index (χ1v) is 11.7. The Hall–Kier alpha value is -2.29. The number of sulfone groups is 1. The van der Waals surface area contributed by atoms with Crippen LogP contribution in [0.2, 0.25) is 0 Å². The summed E-state index contributed by atoms with van der Waals surface area (Å²) in [5, 5.41) is 0. The Balaban J connectivity index is 1.47. The average molecular weight is 426 g/mol. The van der Waals surface area contributed by atoms with Gasteiger partial charge in [-0.2, -0.15) is 0 Å². The van der Waals surface area contributed by atoms with E-state index >= 15 is 0 Å². The fourth-order valence-electron chi connectivity index (χ4n) is 3.50. The largest absolute Gasteiger partial charge is 0.456 e. The molecule has 29 heavy (non-hydrogen) atoms. The second kappa shape index (κ2) is 9.47. The highest BCUT2D eigenvalue weighted by atomic mass is 32.2. The van der Waals surface area contributed by atoms with Gasteiger partial charge in [-0.05, 0) is 37.0 Å². The van der Waals surface area contributed by atoms with Gasteiger partial charge in [-0.1, -0.05) is 19.4 Å². The molecule has 1 aromatic carbocycles. The molecule has 1 unspecified atom stereocenters. The van der Waals surface area contributed by atoms with Gasteiger partial charge < -0.3 is 19.1 Å². The highest BCUT2D eigenvalue weighted by Crippen LogP contribution is 2.32. The predicted molar refractivity (Wildman–Crippen MR) is 106 cm³/mol. The van der Waals surface area contributed by atoms with Crippen LogP contribution in [0, 0.1) is 0 Å². The Morgan fingerprint density at radius 2 is 2.03 bits per heavy atom. The molecule has 1 saturated heterocycles. The van der Waals surface area contributed by atoms with Crippen LogP contribution in [0.25, 0.3) is 0 Å². The molecule has 0 radical (unpaired) electrons. The predicted octanol–water partition coefficient (Wildman–Crippen LogP) is 1.71. The third-order valence-corrected chi connectivity index (χ3v) is 6.88. The normalized spacial score (nSPS) is 19.1. The molecule has 0 N–H and O–H groups in total. The van der Waals surface area contributed by atoms with Crippen LogP contribution in [0.15, 0.2) is 18.2 Å². The molecule has 1 atom stereocenters. The van der Waals surface area contributed by atoms with Crippen LogP contribution in [0.5, 0.6) is 11.5 Å². The van der Waals surface area contributed by atoms with Gasteiger partial charge in [0.15, 0.2) is 27.9 Å². The molecule has 0 aliphatic carbocycles. The summed E-state index contributed by atoms with van der Waals surface area (Å²) in [6.45, 7) is 2.31. The number of rotatable bonds is 9. The van der Waals surface area contributed by atoms with Crippen LogP contribution in [0.3, 0.4) is 0 Å². The van der Waals surface area contributed by atoms with Crippen molar-refractivity contribution >= 4 is 21.7 Å². The van der Waals surface area contributed by atoms with E-state index in [4.69, 9.17) is 14.2 Å². The molecule has 2 aliphatic heterocycles. The number of fused-ring (bicyclic) bond motifs is 1. The van der Waals surface area contributed by atoms with Crippen molar-refractivity contribution in [2.75, 3.05) is 31.5 Å². The SMILES string of the molecule is CCCCN(C(=O)COC(=O)CCc1ccc2c(c1)OCO2)C1CCS(=O)(=O)C1. The standard InChI is InChI=1S/C20H27NO7S/c1-2-3-9-21(16-8-10-29(24,25)13-16)19(22)12-26-20(23)7-5-15-4-6-17-18(11-15)28-14-27-17/h4,6,11,16H,2-3,5,7-10,12-14H2,1H3. The molecule has 2 heterocycles. The highest BCUT2D eigenvalue weighted by molar-refractivity contribution is 7.91. The zero-order chi connectivity index (χ0) is 20.9.